The summed E-state index contributed by atoms with van der Waals surface area (Å²) in [6.45, 7) is 4.44. The van der Waals surface area contributed by atoms with Gasteiger partial charge in [0.05, 0.1) is 24.4 Å². The number of ether oxygens (including phenoxy) is 1. The number of aryl methyl sites for hydroxylation is 2. The SMILES string of the molecule is Cc1cc(Cc2cccc(C(F)(F)F)c2)cc(C2CN(C(=O)c3nonc3C)CCO2)n1. The van der Waals surface area contributed by atoms with E-state index >= 15 is 0 Å². The molecule has 32 heavy (non-hydrogen) atoms. The monoisotopic (exact) mass is 446 g/mol. The first-order valence-corrected chi connectivity index (χ1v) is 10.0. The number of pyridine rings is 1. The molecule has 168 valence electrons. The predicted octanol–water partition coefficient (Wildman–Crippen LogP) is 3.90. The summed E-state index contributed by atoms with van der Waals surface area (Å²) in [5, 5.41) is 7.32. The van der Waals surface area contributed by atoms with Crippen molar-refractivity contribution < 1.29 is 27.3 Å². The molecule has 1 aliphatic heterocycles. The van der Waals surface area contributed by atoms with Gasteiger partial charge in [-0.25, -0.2) is 4.63 Å². The van der Waals surface area contributed by atoms with E-state index in [0.717, 1.165) is 17.7 Å². The van der Waals surface area contributed by atoms with Gasteiger partial charge in [-0.3, -0.25) is 9.78 Å². The third-order valence-corrected chi connectivity index (χ3v) is 5.23. The molecule has 10 heteroatoms. The lowest BCUT2D eigenvalue weighted by molar-refractivity contribution is -0.137. The molecule has 1 unspecified atom stereocenters. The highest BCUT2D eigenvalue weighted by Gasteiger charge is 2.31. The number of hydrogen-bond acceptors (Lipinski definition) is 6. The number of hydrogen-bond donors (Lipinski definition) is 0. The van der Waals surface area contributed by atoms with E-state index in [-0.39, 0.29) is 18.1 Å². The Kier molecular flexibility index (Phi) is 5.96. The highest BCUT2D eigenvalue weighted by atomic mass is 19.4. The van der Waals surface area contributed by atoms with Crippen LogP contribution in [0.4, 0.5) is 13.2 Å². The molecule has 7 nitrogen and oxygen atoms in total. The molecule has 1 aliphatic rings. The van der Waals surface area contributed by atoms with Crippen LogP contribution in [0.15, 0.2) is 41.0 Å². The zero-order chi connectivity index (χ0) is 22.9. The summed E-state index contributed by atoms with van der Waals surface area (Å²) >= 11 is 0. The highest BCUT2D eigenvalue weighted by molar-refractivity contribution is 5.93. The van der Waals surface area contributed by atoms with Crippen molar-refractivity contribution in [3.63, 3.8) is 0 Å². The maximum atomic E-state index is 13.0. The molecule has 0 aliphatic carbocycles. The molecule has 0 saturated carbocycles. The van der Waals surface area contributed by atoms with Crippen LogP contribution in [0, 0.1) is 13.8 Å². The summed E-state index contributed by atoms with van der Waals surface area (Å²) in [6, 6.07) is 8.92. The first kappa shape index (κ1) is 21.9. The van der Waals surface area contributed by atoms with Gasteiger partial charge in [-0.2, -0.15) is 13.2 Å². The van der Waals surface area contributed by atoms with Gasteiger partial charge >= 0.3 is 6.18 Å². The number of halogens is 3. The van der Waals surface area contributed by atoms with Gasteiger partial charge in [0, 0.05) is 12.2 Å². The summed E-state index contributed by atoms with van der Waals surface area (Å²) in [4.78, 5) is 18.9. The molecule has 3 heterocycles. The fourth-order valence-electron chi connectivity index (χ4n) is 3.72. The molecule has 1 fully saturated rings. The second-order valence-electron chi connectivity index (χ2n) is 7.73. The van der Waals surface area contributed by atoms with Crippen LogP contribution < -0.4 is 0 Å². The lowest BCUT2D eigenvalue weighted by Gasteiger charge is -2.32. The summed E-state index contributed by atoms with van der Waals surface area (Å²) in [7, 11) is 0. The smallest absolute Gasteiger partial charge is 0.368 e. The minimum absolute atomic E-state index is 0.160. The van der Waals surface area contributed by atoms with Crippen LogP contribution in [0.1, 0.15) is 50.4 Å². The molecule has 1 aromatic carbocycles. The fourth-order valence-corrected chi connectivity index (χ4v) is 3.72. The molecule has 2 aromatic heterocycles. The van der Waals surface area contributed by atoms with E-state index in [4.69, 9.17) is 4.74 Å². The van der Waals surface area contributed by atoms with Gasteiger partial charge < -0.3 is 9.64 Å². The number of carbonyl (C=O) groups is 1. The number of morpholine rings is 1. The van der Waals surface area contributed by atoms with Crippen LogP contribution in [0.3, 0.4) is 0 Å². The minimum Gasteiger partial charge on any atom is -0.368 e. The van der Waals surface area contributed by atoms with E-state index in [2.05, 4.69) is 19.9 Å². The zero-order valence-electron chi connectivity index (χ0n) is 17.5. The molecule has 0 radical (unpaired) electrons. The van der Waals surface area contributed by atoms with Crippen LogP contribution in [0.5, 0.6) is 0 Å². The van der Waals surface area contributed by atoms with Crippen molar-refractivity contribution in [1.29, 1.82) is 0 Å². The molecular weight excluding hydrogens is 425 g/mol. The molecule has 1 amide bonds. The van der Waals surface area contributed by atoms with E-state index in [0.29, 0.717) is 42.2 Å². The molecule has 0 N–H and O–H groups in total. The molecular formula is C22H21F3N4O3. The van der Waals surface area contributed by atoms with Gasteiger partial charge in [-0.05, 0) is 54.8 Å². The van der Waals surface area contributed by atoms with Crippen molar-refractivity contribution >= 4 is 5.91 Å². The number of aromatic nitrogens is 3. The van der Waals surface area contributed by atoms with Crippen molar-refractivity contribution in [2.45, 2.75) is 32.5 Å². The molecule has 3 aromatic rings. The third kappa shape index (κ3) is 4.80. The first-order valence-electron chi connectivity index (χ1n) is 10.0. The number of benzene rings is 1. The summed E-state index contributed by atoms with van der Waals surface area (Å²) in [6.07, 6.45) is -4.54. The van der Waals surface area contributed by atoms with E-state index in [1.165, 1.54) is 6.07 Å². The van der Waals surface area contributed by atoms with Crippen molar-refractivity contribution in [2.24, 2.45) is 0 Å². The summed E-state index contributed by atoms with van der Waals surface area (Å²) < 4.78 is 49.6. The van der Waals surface area contributed by atoms with E-state index < -0.39 is 17.8 Å². The Morgan fingerprint density at radius 2 is 1.97 bits per heavy atom. The van der Waals surface area contributed by atoms with Gasteiger partial charge in [0.2, 0.25) is 0 Å². The maximum Gasteiger partial charge on any atom is 0.416 e. The molecule has 0 spiro atoms. The number of alkyl halides is 3. The van der Waals surface area contributed by atoms with Gasteiger partial charge in [0.15, 0.2) is 5.69 Å². The van der Waals surface area contributed by atoms with Crippen LogP contribution in [0.25, 0.3) is 0 Å². The van der Waals surface area contributed by atoms with Gasteiger partial charge in [-0.15, -0.1) is 0 Å². The van der Waals surface area contributed by atoms with Crippen LogP contribution in [-0.4, -0.2) is 45.8 Å². The van der Waals surface area contributed by atoms with E-state index in [1.807, 2.05) is 19.1 Å². The topological polar surface area (TPSA) is 81.4 Å². The number of rotatable bonds is 4. The van der Waals surface area contributed by atoms with Crippen LogP contribution in [-0.2, 0) is 17.3 Å². The second kappa shape index (κ2) is 8.70. The maximum absolute atomic E-state index is 13.0. The van der Waals surface area contributed by atoms with Gasteiger partial charge in [0.25, 0.3) is 5.91 Å². The number of carbonyl (C=O) groups excluding carboxylic acids is 1. The standard InChI is InChI=1S/C22H21F3N4O3/c1-13-8-16(9-15-4-3-5-17(10-15)22(23,24)25)11-18(26-13)19-12-29(6-7-31-19)21(30)20-14(2)27-32-28-20/h3-5,8,10-11,19H,6-7,9,12H2,1-2H3. The average molecular weight is 446 g/mol. The van der Waals surface area contributed by atoms with Crippen LogP contribution >= 0.6 is 0 Å². The molecule has 4 rings (SSSR count). The van der Waals surface area contributed by atoms with E-state index in [1.54, 1.807) is 17.9 Å². The molecule has 1 saturated heterocycles. The highest BCUT2D eigenvalue weighted by Crippen LogP contribution is 2.30. The Bertz CT molecular complexity index is 1130. The predicted molar refractivity (Wildman–Crippen MR) is 107 cm³/mol. The van der Waals surface area contributed by atoms with Crippen LogP contribution in [0.2, 0.25) is 0 Å². The lowest BCUT2D eigenvalue weighted by Crippen LogP contribution is -2.42. The quantitative estimate of drug-likeness (QED) is 0.605. The summed E-state index contributed by atoms with van der Waals surface area (Å²) in [5.41, 5.74) is 2.60. The largest absolute Gasteiger partial charge is 0.416 e. The normalized spacial score (nSPS) is 16.9. The van der Waals surface area contributed by atoms with Crippen molar-refractivity contribution in [3.05, 3.63) is 75.9 Å². The Balaban J connectivity index is 1.54. The summed E-state index contributed by atoms with van der Waals surface area (Å²) in [5.74, 6) is -0.297. The number of amides is 1. The molecule has 1 atom stereocenters. The second-order valence-corrected chi connectivity index (χ2v) is 7.73. The Labute approximate surface area is 182 Å². The van der Waals surface area contributed by atoms with Crippen molar-refractivity contribution in [3.8, 4) is 0 Å². The van der Waals surface area contributed by atoms with Crippen molar-refractivity contribution in [1.82, 2.24) is 20.2 Å². The van der Waals surface area contributed by atoms with Gasteiger partial charge in [-0.1, -0.05) is 23.4 Å². The Hall–Kier alpha value is -3.27. The lowest BCUT2D eigenvalue weighted by atomic mass is 10.0. The first-order chi connectivity index (χ1) is 15.2. The Morgan fingerprint density at radius 3 is 2.69 bits per heavy atom. The fraction of sp³-hybridized carbons (Fsp3) is 0.364. The third-order valence-electron chi connectivity index (χ3n) is 5.23. The van der Waals surface area contributed by atoms with E-state index in [9.17, 15) is 18.0 Å². The van der Waals surface area contributed by atoms with Crippen molar-refractivity contribution in [2.75, 3.05) is 19.7 Å². The zero-order valence-corrected chi connectivity index (χ0v) is 17.5. The Morgan fingerprint density at radius 1 is 1.16 bits per heavy atom. The number of nitrogens with zero attached hydrogens (tertiary/aromatic N) is 4. The van der Waals surface area contributed by atoms with Gasteiger partial charge in [0.1, 0.15) is 11.8 Å². The molecule has 0 bridgehead atoms. The minimum atomic E-state index is -4.39. The average Bonchev–Trinajstić information content (AvgIpc) is 3.18.